The lowest BCUT2D eigenvalue weighted by Crippen LogP contribution is -2.21. The Bertz CT molecular complexity index is 1330. The Morgan fingerprint density at radius 1 is 1.03 bits per heavy atom. The van der Waals surface area contributed by atoms with Crippen LogP contribution in [0.3, 0.4) is 0 Å². The number of fused-ring (bicyclic) bond motifs is 2. The summed E-state index contributed by atoms with van der Waals surface area (Å²) in [5.74, 6) is 0.109. The minimum absolute atomic E-state index is 0.0848. The molecule has 4 aromatic rings. The van der Waals surface area contributed by atoms with E-state index in [-0.39, 0.29) is 11.8 Å². The number of nitrogens with two attached hydrogens (primary N) is 1. The number of benzene rings is 3. The third-order valence-corrected chi connectivity index (χ3v) is 5.65. The highest BCUT2D eigenvalue weighted by molar-refractivity contribution is 9.10. The molecule has 2 heterocycles. The van der Waals surface area contributed by atoms with E-state index in [1.54, 1.807) is 0 Å². The van der Waals surface area contributed by atoms with Gasteiger partial charge in [0, 0.05) is 10.0 Å². The fourth-order valence-corrected chi connectivity index (χ4v) is 4.25. The summed E-state index contributed by atoms with van der Waals surface area (Å²) >= 11 is 3.52. The van der Waals surface area contributed by atoms with Gasteiger partial charge in [-0.25, -0.2) is 0 Å². The third kappa shape index (κ3) is 2.87. The highest BCUT2D eigenvalue weighted by atomic mass is 79.9. The van der Waals surface area contributed by atoms with Crippen molar-refractivity contribution < 1.29 is 4.74 Å². The normalized spacial score (nSPS) is 15.7. The molecule has 1 aromatic heterocycles. The summed E-state index contributed by atoms with van der Waals surface area (Å²) < 4.78 is 6.61. The zero-order chi connectivity index (χ0) is 20.0. The number of aromatic nitrogens is 2. The lowest BCUT2D eigenvalue weighted by Gasteiger charge is -2.24. The lowest BCUT2D eigenvalue weighted by molar-refractivity contribution is 0.379. The molecule has 0 spiro atoms. The fourth-order valence-electron chi connectivity index (χ4n) is 3.83. The number of halogens is 1. The smallest absolute Gasteiger partial charge is 0.244 e. The quantitative estimate of drug-likeness (QED) is 0.445. The fraction of sp³-hybridized carbons (Fsp3) is 0.0435. The first-order valence-electron chi connectivity index (χ1n) is 9.06. The zero-order valence-corrected chi connectivity index (χ0v) is 16.8. The Hall–Kier alpha value is -3.56. The van der Waals surface area contributed by atoms with Crippen LogP contribution in [-0.2, 0) is 0 Å². The number of rotatable bonds is 2. The van der Waals surface area contributed by atoms with Gasteiger partial charge in [0.05, 0.1) is 17.2 Å². The molecule has 140 valence electrons. The Labute approximate surface area is 175 Å². The van der Waals surface area contributed by atoms with Gasteiger partial charge in [0.2, 0.25) is 11.8 Å². The van der Waals surface area contributed by atoms with E-state index >= 15 is 0 Å². The summed E-state index contributed by atoms with van der Waals surface area (Å²) in [5.41, 5.74) is 9.97. The van der Waals surface area contributed by atoms with Crippen molar-refractivity contribution in [2.75, 3.05) is 0 Å². The van der Waals surface area contributed by atoms with Crippen molar-refractivity contribution in [1.82, 2.24) is 10.2 Å². The number of aromatic amines is 1. The molecule has 0 saturated carbocycles. The van der Waals surface area contributed by atoms with Gasteiger partial charge in [0.25, 0.3) is 0 Å². The lowest BCUT2D eigenvalue weighted by atomic mass is 9.83. The van der Waals surface area contributed by atoms with Crippen LogP contribution in [0.15, 0.2) is 82.7 Å². The summed E-state index contributed by atoms with van der Waals surface area (Å²) in [4.78, 5) is 0. The van der Waals surface area contributed by atoms with Crippen molar-refractivity contribution in [2.24, 2.45) is 5.73 Å². The number of nitriles is 1. The summed E-state index contributed by atoms with van der Waals surface area (Å²) in [5, 5.41) is 19.5. The number of nitrogens with zero attached hydrogens (tertiary/aromatic N) is 2. The van der Waals surface area contributed by atoms with Crippen molar-refractivity contribution in [3.8, 4) is 23.2 Å². The van der Waals surface area contributed by atoms with Gasteiger partial charge in [0.15, 0.2) is 0 Å². The second kappa shape index (κ2) is 6.80. The van der Waals surface area contributed by atoms with E-state index in [0.717, 1.165) is 37.6 Å². The second-order valence-corrected chi connectivity index (χ2v) is 7.77. The average molecular weight is 443 g/mol. The van der Waals surface area contributed by atoms with E-state index in [1.807, 2.05) is 42.5 Å². The largest absolute Gasteiger partial charge is 0.420 e. The van der Waals surface area contributed by atoms with Gasteiger partial charge in [-0.3, -0.25) is 5.10 Å². The monoisotopic (exact) mass is 442 g/mol. The van der Waals surface area contributed by atoms with Gasteiger partial charge in [-0.1, -0.05) is 64.5 Å². The van der Waals surface area contributed by atoms with Gasteiger partial charge >= 0.3 is 0 Å². The number of hydrogen-bond donors (Lipinski definition) is 2. The standard InChI is InChI=1S/C23H15BrN4O/c24-17-7-3-6-15(11-17)19-18(12-25)22(26)29-23-20(19)21(27-28-23)16-9-8-13-4-1-2-5-14(13)10-16/h1-11,19H,26H2,(H,27,28). The molecule has 0 radical (unpaired) electrons. The van der Waals surface area contributed by atoms with Crippen LogP contribution < -0.4 is 10.5 Å². The molecule has 0 saturated heterocycles. The summed E-state index contributed by atoms with van der Waals surface area (Å²) in [6, 6.07) is 24.5. The number of H-pyrrole nitrogens is 1. The van der Waals surface area contributed by atoms with Crippen LogP contribution in [0.1, 0.15) is 17.0 Å². The topological polar surface area (TPSA) is 87.7 Å². The minimum atomic E-state index is -0.374. The van der Waals surface area contributed by atoms with Gasteiger partial charge in [-0.2, -0.15) is 5.26 Å². The van der Waals surface area contributed by atoms with E-state index < -0.39 is 0 Å². The molecule has 1 atom stereocenters. The molecule has 6 heteroatoms. The number of allylic oxidation sites excluding steroid dienone is 1. The molecule has 3 N–H and O–H groups in total. The van der Waals surface area contributed by atoms with Crippen LogP contribution in [0.2, 0.25) is 0 Å². The molecule has 3 aromatic carbocycles. The van der Waals surface area contributed by atoms with Crippen LogP contribution in [-0.4, -0.2) is 10.2 Å². The third-order valence-electron chi connectivity index (χ3n) is 5.16. The maximum absolute atomic E-state index is 9.82. The van der Waals surface area contributed by atoms with Crippen molar-refractivity contribution in [3.05, 3.63) is 93.8 Å². The first-order chi connectivity index (χ1) is 14.2. The summed E-state index contributed by atoms with van der Waals surface area (Å²) in [6.07, 6.45) is 0. The molecule has 0 amide bonds. The van der Waals surface area contributed by atoms with Crippen molar-refractivity contribution >= 4 is 26.7 Å². The molecule has 1 aliphatic rings. The predicted octanol–water partition coefficient (Wildman–Crippen LogP) is 5.21. The SMILES string of the molecule is N#CC1=C(N)Oc2n[nH]c(-c3ccc4ccccc4c3)c2C1c1cccc(Br)c1. The van der Waals surface area contributed by atoms with Crippen molar-refractivity contribution in [1.29, 1.82) is 5.26 Å². The van der Waals surface area contributed by atoms with E-state index in [0.29, 0.717) is 11.5 Å². The van der Waals surface area contributed by atoms with Gasteiger partial charge in [-0.05, 0) is 34.5 Å². The maximum Gasteiger partial charge on any atom is 0.244 e. The van der Waals surface area contributed by atoms with Crippen molar-refractivity contribution in [3.63, 3.8) is 0 Å². The summed E-state index contributed by atoms with van der Waals surface area (Å²) in [7, 11) is 0. The van der Waals surface area contributed by atoms with Crippen LogP contribution in [0.5, 0.6) is 5.88 Å². The van der Waals surface area contributed by atoms with E-state index in [1.165, 1.54) is 0 Å². The molecule has 1 aliphatic heterocycles. The molecule has 0 bridgehead atoms. The number of hydrogen-bond acceptors (Lipinski definition) is 4. The first kappa shape index (κ1) is 17.5. The maximum atomic E-state index is 9.82. The van der Waals surface area contributed by atoms with E-state index in [4.69, 9.17) is 10.5 Å². The Kier molecular flexibility index (Phi) is 4.11. The molecule has 0 fully saturated rings. The van der Waals surface area contributed by atoms with Crippen LogP contribution >= 0.6 is 15.9 Å². The number of nitrogens with one attached hydrogen (secondary N) is 1. The molecular formula is C23H15BrN4O. The number of ether oxygens (including phenoxy) is 1. The highest BCUT2D eigenvalue weighted by Crippen LogP contribution is 2.46. The van der Waals surface area contributed by atoms with Gasteiger partial charge in [0.1, 0.15) is 11.6 Å². The molecular weight excluding hydrogens is 428 g/mol. The van der Waals surface area contributed by atoms with Crippen molar-refractivity contribution in [2.45, 2.75) is 5.92 Å². The molecule has 0 aliphatic carbocycles. The summed E-state index contributed by atoms with van der Waals surface area (Å²) in [6.45, 7) is 0. The van der Waals surface area contributed by atoms with Crippen LogP contribution in [0, 0.1) is 11.3 Å². The first-order valence-corrected chi connectivity index (χ1v) is 9.85. The zero-order valence-electron chi connectivity index (χ0n) is 15.2. The molecule has 1 unspecified atom stereocenters. The highest BCUT2D eigenvalue weighted by Gasteiger charge is 2.35. The Balaban J connectivity index is 1.74. The minimum Gasteiger partial charge on any atom is -0.420 e. The molecule has 5 rings (SSSR count). The predicted molar refractivity (Wildman–Crippen MR) is 115 cm³/mol. The average Bonchev–Trinajstić information content (AvgIpc) is 3.15. The van der Waals surface area contributed by atoms with Gasteiger partial charge in [-0.15, -0.1) is 5.10 Å². The van der Waals surface area contributed by atoms with Gasteiger partial charge < -0.3 is 10.5 Å². The van der Waals surface area contributed by atoms with E-state index in [2.05, 4.69) is 56.5 Å². The molecule has 29 heavy (non-hydrogen) atoms. The van der Waals surface area contributed by atoms with Crippen LogP contribution in [0.4, 0.5) is 0 Å². The van der Waals surface area contributed by atoms with E-state index in [9.17, 15) is 5.26 Å². The Morgan fingerprint density at radius 3 is 2.66 bits per heavy atom. The van der Waals surface area contributed by atoms with Crippen LogP contribution in [0.25, 0.3) is 22.0 Å². The second-order valence-electron chi connectivity index (χ2n) is 6.86. The Morgan fingerprint density at radius 2 is 1.86 bits per heavy atom. The molecule has 5 nitrogen and oxygen atoms in total.